The third-order valence-electron chi connectivity index (χ3n) is 3.28. The fourth-order valence-corrected chi connectivity index (χ4v) is 2.88. The molecule has 0 radical (unpaired) electrons. The van der Waals surface area contributed by atoms with E-state index in [4.69, 9.17) is 0 Å². The molecule has 1 atom stereocenters. The van der Waals surface area contributed by atoms with Gasteiger partial charge < -0.3 is 10.1 Å². The Hall–Kier alpha value is -2.47. The minimum absolute atomic E-state index is 0.0133. The van der Waals surface area contributed by atoms with Gasteiger partial charge in [0.2, 0.25) is 5.91 Å². The number of hydrogen-bond acceptors (Lipinski definition) is 4. The van der Waals surface area contributed by atoms with Crippen LogP contribution in [0.15, 0.2) is 59.5 Å². The van der Waals surface area contributed by atoms with Crippen LogP contribution in [0.25, 0.3) is 0 Å². The van der Waals surface area contributed by atoms with Gasteiger partial charge in [0.25, 0.3) is 0 Å². The van der Waals surface area contributed by atoms with Crippen molar-refractivity contribution in [2.45, 2.75) is 23.6 Å². The van der Waals surface area contributed by atoms with Crippen LogP contribution in [0.5, 0.6) is 0 Å². The molecule has 6 heteroatoms. The number of carbonyl (C=O) groups excluding carboxylic acids is 2. The van der Waals surface area contributed by atoms with Gasteiger partial charge >= 0.3 is 6.09 Å². The molecule has 2 amide bonds. The van der Waals surface area contributed by atoms with Crippen molar-refractivity contribution >= 4 is 29.4 Å². The van der Waals surface area contributed by atoms with E-state index in [1.807, 2.05) is 49.4 Å². The molecule has 2 aromatic rings. The second-order valence-corrected chi connectivity index (χ2v) is 6.52. The first-order valence-electron chi connectivity index (χ1n) is 7.52. The second kappa shape index (κ2) is 8.98. The van der Waals surface area contributed by atoms with Crippen LogP contribution < -0.4 is 10.6 Å². The molecule has 0 aliphatic heterocycles. The predicted molar refractivity (Wildman–Crippen MR) is 96.1 cm³/mol. The molecule has 0 bridgehead atoms. The van der Waals surface area contributed by atoms with E-state index in [0.717, 1.165) is 10.5 Å². The molecule has 0 aromatic heterocycles. The van der Waals surface area contributed by atoms with Gasteiger partial charge in [0, 0.05) is 17.1 Å². The van der Waals surface area contributed by atoms with Gasteiger partial charge in [-0.1, -0.05) is 30.3 Å². The van der Waals surface area contributed by atoms with E-state index in [-0.39, 0.29) is 11.2 Å². The van der Waals surface area contributed by atoms with Crippen LogP contribution in [0.3, 0.4) is 0 Å². The van der Waals surface area contributed by atoms with Crippen molar-refractivity contribution in [1.82, 2.24) is 5.32 Å². The van der Waals surface area contributed by atoms with E-state index in [9.17, 15) is 9.59 Å². The summed E-state index contributed by atoms with van der Waals surface area (Å²) < 4.78 is 4.53. The molecule has 0 aliphatic carbocycles. The average Bonchev–Trinajstić information content (AvgIpc) is 2.61. The Morgan fingerprint density at radius 1 is 1.08 bits per heavy atom. The second-order valence-electron chi connectivity index (χ2n) is 5.10. The summed E-state index contributed by atoms with van der Waals surface area (Å²) >= 11 is 1.53. The fourth-order valence-electron chi connectivity index (χ4n) is 1.96. The Bertz CT molecular complexity index is 674. The predicted octanol–water partition coefficient (Wildman–Crippen LogP) is 3.66. The zero-order valence-corrected chi connectivity index (χ0v) is 14.4. The number of hydrogen-bond donors (Lipinski definition) is 2. The van der Waals surface area contributed by atoms with Gasteiger partial charge in [-0.15, -0.1) is 11.8 Å². The Morgan fingerprint density at radius 2 is 1.75 bits per heavy atom. The van der Waals surface area contributed by atoms with Gasteiger partial charge in [-0.2, -0.15) is 0 Å². The van der Waals surface area contributed by atoms with Gasteiger partial charge in [-0.3, -0.25) is 10.1 Å². The molecular formula is C18H20N2O3S. The van der Waals surface area contributed by atoms with E-state index in [0.29, 0.717) is 12.2 Å². The van der Waals surface area contributed by atoms with Crippen LogP contribution >= 0.6 is 11.8 Å². The lowest BCUT2D eigenvalue weighted by Crippen LogP contribution is -2.30. The monoisotopic (exact) mass is 344 g/mol. The summed E-state index contributed by atoms with van der Waals surface area (Å²) in [6, 6.07) is 17.1. The minimum atomic E-state index is -0.511. The first kappa shape index (κ1) is 17.9. The van der Waals surface area contributed by atoms with Crippen LogP contribution in [-0.4, -0.2) is 24.4 Å². The maximum absolute atomic E-state index is 12.2. The maximum atomic E-state index is 12.2. The third kappa shape index (κ3) is 5.62. The number of anilines is 1. The standard InChI is InChI=1S/C18H20N2O3S/c1-13(24-16-6-4-3-5-7-16)17(21)19-12-14-8-10-15(11-9-14)20-18(22)23-2/h3-11,13H,12H2,1-2H3,(H,19,21)(H,20,22). The lowest BCUT2D eigenvalue weighted by Gasteiger charge is -2.12. The van der Waals surface area contributed by atoms with Gasteiger partial charge in [0.05, 0.1) is 12.4 Å². The number of carbonyl (C=O) groups is 2. The van der Waals surface area contributed by atoms with Crippen molar-refractivity contribution in [1.29, 1.82) is 0 Å². The van der Waals surface area contributed by atoms with Crippen LogP contribution in [0.1, 0.15) is 12.5 Å². The number of ether oxygens (including phenoxy) is 1. The van der Waals surface area contributed by atoms with E-state index < -0.39 is 6.09 Å². The number of benzene rings is 2. The van der Waals surface area contributed by atoms with Crippen molar-refractivity contribution in [2.24, 2.45) is 0 Å². The van der Waals surface area contributed by atoms with Crippen molar-refractivity contribution < 1.29 is 14.3 Å². The van der Waals surface area contributed by atoms with Crippen molar-refractivity contribution in [3.63, 3.8) is 0 Å². The molecule has 0 saturated heterocycles. The van der Waals surface area contributed by atoms with Gasteiger partial charge in [-0.25, -0.2) is 4.79 Å². The molecule has 24 heavy (non-hydrogen) atoms. The average molecular weight is 344 g/mol. The highest BCUT2D eigenvalue weighted by molar-refractivity contribution is 8.00. The van der Waals surface area contributed by atoms with Crippen LogP contribution in [-0.2, 0) is 16.1 Å². The summed E-state index contributed by atoms with van der Waals surface area (Å²) in [6.07, 6.45) is -0.511. The molecule has 0 saturated carbocycles. The van der Waals surface area contributed by atoms with Gasteiger partial charge in [-0.05, 0) is 36.8 Å². The first-order chi connectivity index (χ1) is 11.6. The molecule has 5 nitrogen and oxygen atoms in total. The quantitative estimate of drug-likeness (QED) is 0.785. The van der Waals surface area contributed by atoms with E-state index in [2.05, 4.69) is 15.4 Å². The molecule has 0 spiro atoms. The van der Waals surface area contributed by atoms with Crippen molar-refractivity contribution in [2.75, 3.05) is 12.4 Å². The Labute approximate surface area is 145 Å². The Morgan fingerprint density at radius 3 is 2.38 bits per heavy atom. The molecule has 2 rings (SSSR count). The first-order valence-corrected chi connectivity index (χ1v) is 8.40. The molecule has 0 aliphatic rings. The minimum Gasteiger partial charge on any atom is -0.453 e. The lowest BCUT2D eigenvalue weighted by molar-refractivity contribution is -0.120. The summed E-state index contributed by atoms with van der Waals surface area (Å²) in [7, 11) is 1.31. The Balaban J connectivity index is 1.81. The topological polar surface area (TPSA) is 67.4 Å². The smallest absolute Gasteiger partial charge is 0.411 e. The van der Waals surface area contributed by atoms with E-state index >= 15 is 0 Å². The third-order valence-corrected chi connectivity index (χ3v) is 4.39. The summed E-state index contributed by atoms with van der Waals surface area (Å²) in [4.78, 5) is 24.3. The summed E-state index contributed by atoms with van der Waals surface area (Å²) in [5.41, 5.74) is 1.60. The molecular weight excluding hydrogens is 324 g/mol. The highest BCUT2D eigenvalue weighted by Gasteiger charge is 2.13. The van der Waals surface area contributed by atoms with Crippen LogP contribution in [0.4, 0.5) is 10.5 Å². The van der Waals surface area contributed by atoms with E-state index in [1.54, 1.807) is 12.1 Å². The molecule has 1 unspecified atom stereocenters. The SMILES string of the molecule is COC(=O)Nc1ccc(CNC(=O)C(C)Sc2ccccc2)cc1. The van der Waals surface area contributed by atoms with Crippen LogP contribution in [0.2, 0.25) is 0 Å². The highest BCUT2D eigenvalue weighted by Crippen LogP contribution is 2.22. The molecule has 126 valence electrons. The largest absolute Gasteiger partial charge is 0.453 e. The van der Waals surface area contributed by atoms with E-state index in [1.165, 1.54) is 18.9 Å². The maximum Gasteiger partial charge on any atom is 0.411 e. The fraction of sp³-hybridized carbons (Fsp3) is 0.222. The summed E-state index contributed by atoms with van der Waals surface area (Å²) in [6.45, 7) is 2.33. The molecule has 2 N–H and O–H groups in total. The summed E-state index contributed by atoms with van der Waals surface area (Å²) in [5.74, 6) is -0.0133. The zero-order chi connectivity index (χ0) is 17.4. The number of amides is 2. The van der Waals surface area contributed by atoms with Crippen LogP contribution in [0, 0.1) is 0 Å². The van der Waals surface area contributed by atoms with Gasteiger partial charge in [0.15, 0.2) is 0 Å². The Kier molecular flexibility index (Phi) is 6.69. The van der Waals surface area contributed by atoms with Crippen molar-refractivity contribution in [3.05, 3.63) is 60.2 Å². The number of rotatable bonds is 6. The highest BCUT2D eigenvalue weighted by atomic mass is 32.2. The number of nitrogens with one attached hydrogen (secondary N) is 2. The number of methoxy groups -OCH3 is 1. The molecule has 0 fully saturated rings. The molecule has 0 heterocycles. The summed E-state index contributed by atoms with van der Waals surface area (Å²) in [5, 5.41) is 5.32. The zero-order valence-electron chi connectivity index (χ0n) is 13.6. The number of thioether (sulfide) groups is 1. The normalized spacial score (nSPS) is 11.4. The van der Waals surface area contributed by atoms with Crippen molar-refractivity contribution in [3.8, 4) is 0 Å². The molecule has 2 aromatic carbocycles. The van der Waals surface area contributed by atoms with Gasteiger partial charge in [0.1, 0.15) is 0 Å². The lowest BCUT2D eigenvalue weighted by atomic mass is 10.2.